The van der Waals surface area contributed by atoms with Gasteiger partial charge in [0.25, 0.3) is 0 Å². The van der Waals surface area contributed by atoms with Gasteiger partial charge in [0.15, 0.2) is 5.78 Å². The van der Waals surface area contributed by atoms with Gasteiger partial charge in [0.05, 0.1) is 18.4 Å². The van der Waals surface area contributed by atoms with Gasteiger partial charge < -0.3 is 4.74 Å². The van der Waals surface area contributed by atoms with Gasteiger partial charge in [-0.05, 0) is 53.5 Å². The molecule has 4 rings (SSSR count). The Bertz CT molecular complexity index is 878. The number of fused-ring (bicyclic) bond motifs is 3. The molecule has 2 bridgehead atoms. The second-order valence-electron chi connectivity index (χ2n) is 6.67. The van der Waals surface area contributed by atoms with Crippen LogP contribution in [-0.2, 0) is 9.59 Å². The molecule has 0 radical (unpaired) electrons. The highest BCUT2D eigenvalue weighted by atomic mass is 16.5. The highest BCUT2D eigenvalue weighted by molar-refractivity contribution is 6.19. The van der Waals surface area contributed by atoms with Gasteiger partial charge in [0, 0.05) is 6.42 Å². The number of carbonyl (C=O) groups excluding carboxylic acids is 2. The number of methoxy groups -OCH3 is 1. The second kappa shape index (κ2) is 4.79. The van der Waals surface area contributed by atoms with Gasteiger partial charge in [0.2, 0.25) is 0 Å². The summed E-state index contributed by atoms with van der Waals surface area (Å²) in [5.74, 6) is 0.741. The van der Waals surface area contributed by atoms with Gasteiger partial charge in [-0.1, -0.05) is 24.3 Å². The number of allylic oxidation sites excluding steroid dienone is 2. The van der Waals surface area contributed by atoms with E-state index in [2.05, 4.69) is 12.1 Å². The number of ketones is 2. The van der Waals surface area contributed by atoms with Crippen LogP contribution in [0.3, 0.4) is 0 Å². The molecule has 1 saturated carbocycles. The number of ether oxygens (including phenoxy) is 1. The van der Waals surface area contributed by atoms with Crippen LogP contribution < -0.4 is 4.74 Å². The zero-order valence-corrected chi connectivity index (χ0v) is 13.3. The van der Waals surface area contributed by atoms with Crippen molar-refractivity contribution in [3.8, 4) is 5.75 Å². The molecule has 2 aliphatic carbocycles. The zero-order valence-electron chi connectivity index (χ0n) is 13.3. The fourth-order valence-electron chi connectivity index (χ4n) is 3.80. The molecule has 0 heterocycles. The summed E-state index contributed by atoms with van der Waals surface area (Å²) in [6, 6.07) is 12.1. The molecule has 0 amide bonds. The molecule has 2 aliphatic rings. The van der Waals surface area contributed by atoms with Crippen LogP contribution in [0.15, 0.2) is 42.5 Å². The molecule has 2 aromatic rings. The normalized spacial score (nSPS) is 26.5. The van der Waals surface area contributed by atoms with E-state index in [0.717, 1.165) is 27.7 Å². The van der Waals surface area contributed by atoms with E-state index in [1.54, 1.807) is 14.0 Å². The molecular weight excluding hydrogens is 288 g/mol. The van der Waals surface area contributed by atoms with Crippen LogP contribution in [0.4, 0.5) is 0 Å². The molecule has 116 valence electrons. The Morgan fingerprint density at radius 2 is 1.83 bits per heavy atom. The fraction of sp³-hybridized carbons (Fsp3) is 0.300. The molecule has 3 nitrogen and oxygen atoms in total. The molecule has 0 aromatic heterocycles. The SMILES string of the molecule is COc1ccc2cc(C3=CCC4(C)C(=O)CC3C4=O)ccc2c1. The molecule has 2 unspecified atom stereocenters. The maximum absolute atomic E-state index is 12.6. The van der Waals surface area contributed by atoms with Crippen LogP contribution in [0.5, 0.6) is 5.75 Å². The van der Waals surface area contributed by atoms with E-state index in [-0.39, 0.29) is 17.5 Å². The van der Waals surface area contributed by atoms with Gasteiger partial charge in [0.1, 0.15) is 11.5 Å². The molecule has 3 heteroatoms. The Labute approximate surface area is 134 Å². The summed E-state index contributed by atoms with van der Waals surface area (Å²) in [5, 5.41) is 2.21. The van der Waals surface area contributed by atoms with Crippen molar-refractivity contribution in [3.63, 3.8) is 0 Å². The van der Waals surface area contributed by atoms with Crippen molar-refractivity contribution < 1.29 is 14.3 Å². The van der Waals surface area contributed by atoms with Gasteiger partial charge in [-0.2, -0.15) is 0 Å². The molecule has 0 N–H and O–H groups in total. The van der Waals surface area contributed by atoms with Crippen molar-refractivity contribution in [2.75, 3.05) is 7.11 Å². The van der Waals surface area contributed by atoms with Crippen LogP contribution in [0.1, 0.15) is 25.3 Å². The number of hydrogen-bond donors (Lipinski definition) is 0. The van der Waals surface area contributed by atoms with Crippen LogP contribution in [0.25, 0.3) is 16.3 Å². The first-order valence-corrected chi connectivity index (χ1v) is 7.89. The lowest BCUT2D eigenvalue weighted by Gasteiger charge is -2.26. The molecule has 23 heavy (non-hydrogen) atoms. The van der Waals surface area contributed by atoms with Gasteiger partial charge >= 0.3 is 0 Å². The van der Waals surface area contributed by atoms with Crippen molar-refractivity contribution in [1.29, 1.82) is 0 Å². The lowest BCUT2D eigenvalue weighted by Crippen LogP contribution is -2.32. The Kier molecular flexibility index (Phi) is 2.95. The maximum atomic E-state index is 12.6. The lowest BCUT2D eigenvalue weighted by molar-refractivity contribution is -0.134. The van der Waals surface area contributed by atoms with E-state index in [1.165, 1.54) is 0 Å². The summed E-state index contributed by atoms with van der Waals surface area (Å²) >= 11 is 0. The molecule has 0 saturated heterocycles. The molecule has 1 fully saturated rings. The van der Waals surface area contributed by atoms with Crippen LogP contribution >= 0.6 is 0 Å². The summed E-state index contributed by atoms with van der Waals surface area (Å²) < 4.78 is 5.25. The average molecular weight is 306 g/mol. The van der Waals surface area contributed by atoms with Crippen molar-refractivity contribution in [1.82, 2.24) is 0 Å². The standard InChI is InChI=1S/C20H18O3/c1-20-8-7-16(17(19(20)22)11-18(20)21)14-4-3-13-10-15(23-2)6-5-12(13)9-14/h3-7,9-10,17H,8,11H2,1-2H3. The number of rotatable bonds is 2. The predicted molar refractivity (Wildman–Crippen MR) is 89.3 cm³/mol. The third-order valence-electron chi connectivity index (χ3n) is 5.35. The quantitative estimate of drug-likeness (QED) is 0.793. The van der Waals surface area contributed by atoms with E-state index in [0.29, 0.717) is 12.8 Å². The topological polar surface area (TPSA) is 43.4 Å². The third kappa shape index (κ3) is 1.96. The number of Topliss-reactive ketones (excluding diaryl/α,β-unsaturated/α-hetero) is 2. The Hall–Kier alpha value is -2.42. The summed E-state index contributed by atoms with van der Waals surface area (Å²) in [6.45, 7) is 1.79. The first-order chi connectivity index (χ1) is 11.0. The van der Waals surface area contributed by atoms with E-state index in [9.17, 15) is 9.59 Å². The number of carbonyl (C=O) groups is 2. The van der Waals surface area contributed by atoms with Crippen LogP contribution in [0.2, 0.25) is 0 Å². The van der Waals surface area contributed by atoms with Gasteiger partial charge in [-0.3, -0.25) is 9.59 Å². The van der Waals surface area contributed by atoms with E-state index in [1.807, 2.05) is 30.3 Å². The largest absolute Gasteiger partial charge is 0.497 e. The van der Waals surface area contributed by atoms with Crippen LogP contribution in [-0.4, -0.2) is 18.7 Å². The van der Waals surface area contributed by atoms with Crippen LogP contribution in [0, 0.1) is 11.3 Å². The summed E-state index contributed by atoms with van der Waals surface area (Å²) in [5.41, 5.74) is 1.27. The molecule has 2 aromatic carbocycles. The van der Waals surface area contributed by atoms with E-state index in [4.69, 9.17) is 4.74 Å². The first kappa shape index (κ1) is 14.2. The molecule has 2 atom stereocenters. The van der Waals surface area contributed by atoms with Crippen molar-refractivity contribution in [2.24, 2.45) is 11.3 Å². The first-order valence-electron chi connectivity index (χ1n) is 7.89. The third-order valence-corrected chi connectivity index (χ3v) is 5.35. The van der Waals surface area contributed by atoms with Crippen molar-refractivity contribution in [3.05, 3.63) is 48.0 Å². The predicted octanol–water partition coefficient (Wildman–Crippen LogP) is 3.80. The monoisotopic (exact) mass is 306 g/mol. The Balaban J connectivity index is 1.78. The minimum absolute atomic E-state index is 0.0873. The number of hydrogen-bond acceptors (Lipinski definition) is 3. The number of benzene rings is 2. The minimum Gasteiger partial charge on any atom is -0.497 e. The van der Waals surface area contributed by atoms with Gasteiger partial charge in [-0.25, -0.2) is 0 Å². The summed E-state index contributed by atoms with van der Waals surface area (Å²) in [7, 11) is 1.65. The molecular formula is C20H18O3. The van der Waals surface area contributed by atoms with Crippen molar-refractivity contribution >= 4 is 27.9 Å². The highest BCUT2D eigenvalue weighted by Gasteiger charge is 2.53. The highest BCUT2D eigenvalue weighted by Crippen LogP contribution is 2.48. The van der Waals surface area contributed by atoms with Gasteiger partial charge in [-0.15, -0.1) is 0 Å². The van der Waals surface area contributed by atoms with Crippen molar-refractivity contribution in [2.45, 2.75) is 19.8 Å². The maximum Gasteiger partial charge on any atom is 0.154 e. The Morgan fingerprint density at radius 3 is 2.61 bits per heavy atom. The summed E-state index contributed by atoms with van der Waals surface area (Å²) in [6.07, 6.45) is 2.96. The Morgan fingerprint density at radius 1 is 1.09 bits per heavy atom. The fourth-order valence-corrected chi connectivity index (χ4v) is 3.80. The minimum atomic E-state index is -0.779. The smallest absolute Gasteiger partial charge is 0.154 e. The average Bonchev–Trinajstić information content (AvgIpc) is 2.70. The molecule has 0 spiro atoms. The van der Waals surface area contributed by atoms with E-state index >= 15 is 0 Å². The van der Waals surface area contributed by atoms with E-state index < -0.39 is 5.41 Å². The second-order valence-corrected chi connectivity index (χ2v) is 6.67. The summed E-state index contributed by atoms with van der Waals surface area (Å²) in [4.78, 5) is 24.8. The zero-order chi connectivity index (χ0) is 16.2. The lowest BCUT2D eigenvalue weighted by atomic mass is 9.75. The molecule has 0 aliphatic heterocycles.